The molecule has 14 nitrogen and oxygen atoms in total. The highest BCUT2D eigenvalue weighted by molar-refractivity contribution is 6.02. The summed E-state index contributed by atoms with van der Waals surface area (Å²) < 4.78 is 7.52. The van der Waals surface area contributed by atoms with Crippen molar-refractivity contribution >= 4 is 40.4 Å². The molecule has 2 aromatic heterocycles. The number of hydrogen-bond acceptors (Lipinski definition) is 10. The number of carbonyl (C=O) groups is 3. The van der Waals surface area contributed by atoms with Crippen LogP contribution in [0.3, 0.4) is 0 Å². The molecule has 0 radical (unpaired) electrons. The average Bonchev–Trinajstić information content (AvgIpc) is 3.62. The summed E-state index contributed by atoms with van der Waals surface area (Å²) in [4.78, 5) is 53.7. The monoisotopic (exact) mass is 521 g/mol. The van der Waals surface area contributed by atoms with E-state index in [9.17, 15) is 19.5 Å². The Morgan fingerprint density at radius 3 is 2.82 bits per heavy atom. The van der Waals surface area contributed by atoms with Crippen molar-refractivity contribution in [3.63, 3.8) is 0 Å². The van der Waals surface area contributed by atoms with Crippen LogP contribution in [0.15, 0.2) is 30.9 Å². The van der Waals surface area contributed by atoms with E-state index in [1.54, 1.807) is 27.7 Å². The molecule has 5 N–H and O–H groups in total. The molecule has 1 aromatic carbocycles. The molecule has 3 aliphatic rings. The maximum absolute atomic E-state index is 13.2. The van der Waals surface area contributed by atoms with Gasteiger partial charge in [-0.05, 0) is 12.1 Å². The van der Waals surface area contributed by atoms with Gasteiger partial charge in [-0.25, -0.2) is 15.0 Å². The van der Waals surface area contributed by atoms with Crippen molar-refractivity contribution in [1.82, 2.24) is 34.6 Å². The number of anilines is 2. The number of nitrogen functional groups attached to an aromatic ring is 1. The number of piperazine rings is 1. The second-order valence-corrected chi connectivity index (χ2v) is 9.57. The van der Waals surface area contributed by atoms with Gasteiger partial charge in [0, 0.05) is 56.0 Å². The molecular weight excluding hydrogens is 494 g/mol. The van der Waals surface area contributed by atoms with Crippen LogP contribution in [0.1, 0.15) is 28.6 Å². The zero-order valence-electron chi connectivity index (χ0n) is 20.4. The highest BCUT2D eigenvalue weighted by atomic mass is 16.5. The molecule has 2 unspecified atom stereocenters. The number of aromatic nitrogens is 4. The Morgan fingerprint density at radius 2 is 2.00 bits per heavy atom. The lowest BCUT2D eigenvalue weighted by atomic mass is 10.1. The molecule has 2 fully saturated rings. The third kappa shape index (κ3) is 4.31. The minimum atomic E-state index is -0.924. The number of fused-ring (bicyclic) bond motifs is 2. The SMILES string of the molecule is Nc1ncnc2c1ncn2C1OC(C(=O)N2CCN(CC(=O)Nc3cccc4c3CNC4=O)CC2)C[C@H]1O. The predicted octanol–water partition coefficient (Wildman–Crippen LogP) is -0.917. The molecule has 5 heterocycles. The van der Waals surface area contributed by atoms with Gasteiger partial charge in [-0.15, -0.1) is 0 Å². The Labute approximate surface area is 216 Å². The summed E-state index contributed by atoms with van der Waals surface area (Å²) in [5.41, 5.74) is 8.67. The largest absolute Gasteiger partial charge is 0.388 e. The summed E-state index contributed by atoms with van der Waals surface area (Å²) in [6.45, 7) is 2.48. The third-order valence-corrected chi connectivity index (χ3v) is 7.20. The summed E-state index contributed by atoms with van der Waals surface area (Å²) in [6.07, 6.45) is 0.372. The number of ether oxygens (including phenoxy) is 1. The van der Waals surface area contributed by atoms with Gasteiger partial charge in [0.1, 0.15) is 24.1 Å². The van der Waals surface area contributed by atoms with Crippen molar-refractivity contribution in [3.8, 4) is 0 Å². The standard InChI is InChI=1S/C24H27N9O5/c25-20-19-21(28-11-27-20)33(12-29-19)24-16(34)8-17(38-24)23(37)32-6-4-31(5-7-32)10-18(35)30-15-3-1-2-13-14(15)9-26-22(13)36/h1-3,11-12,16-17,24,34H,4-10H2,(H,26,36)(H,30,35)(H2,25,27,28)/t16-,17?,24?/m1/s1. The van der Waals surface area contributed by atoms with Crippen molar-refractivity contribution in [1.29, 1.82) is 0 Å². The number of nitrogens with zero attached hydrogens (tertiary/aromatic N) is 6. The Kier molecular flexibility index (Phi) is 6.13. The van der Waals surface area contributed by atoms with Crippen LogP contribution in [0.5, 0.6) is 0 Å². The minimum Gasteiger partial charge on any atom is -0.388 e. The lowest BCUT2D eigenvalue weighted by molar-refractivity contribution is -0.147. The lowest BCUT2D eigenvalue weighted by Gasteiger charge is -2.35. The first kappa shape index (κ1) is 24.2. The van der Waals surface area contributed by atoms with Crippen LogP contribution < -0.4 is 16.4 Å². The van der Waals surface area contributed by atoms with E-state index in [4.69, 9.17) is 10.5 Å². The predicted molar refractivity (Wildman–Crippen MR) is 134 cm³/mol. The number of rotatable bonds is 5. The summed E-state index contributed by atoms with van der Waals surface area (Å²) in [5.74, 6) is -0.301. The van der Waals surface area contributed by atoms with E-state index in [1.807, 2.05) is 4.90 Å². The van der Waals surface area contributed by atoms with Gasteiger partial charge < -0.3 is 31.1 Å². The second-order valence-electron chi connectivity index (χ2n) is 9.57. The summed E-state index contributed by atoms with van der Waals surface area (Å²) >= 11 is 0. The molecule has 2 saturated heterocycles. The first-order valence-corrected chi connectivity index (χ1v) is 12.4. The molecule has 0 aliphatic carbocycles. The number of benzene rings is 1. The van der Waals surface area contributed by atoms with Gasteiger partial charge in [0.2, 0.25) is 5.91 Å². The van der Waals surface area contributed by atoms with E-state index < -0.39 is 18.4 Å². The second kappa shape index (κ2) is 9.63. The summed E-state index contributed by atoms with van der Waals surface area (Å²) in [5, 5.41) is 16.3. The molecule has 3 atom stereocenters. The number of imidazole rings is 1. The summed E-state index contributed by atoms with van der Waals surface area (Å²) in [6, 6.07) is 5.26. The van der Waals surface area contributed by atoms with Crippen LogP contribution >= 0.6 is 0 Å². The number of aliphatic hydroxyl groups excluding tert-OH is 1. The van der Waals surface area contributed by atoms with Crippen molar-refractivity contribution in [2.75, 3.05) is 43.8 Å². The molecule has 38 heavy (non-hydrogen) atoms. The highest BCUT2D eigenvalue weighted by Gasteiger charge is 2.42. The number of amides is 3. The van der Waals surface area contributed by atoms with Crippen LogP contribution in [-0.2, 0) is 20.9 Å². The quantitative estimate of drug-likeness (QED) is 0.328. The molecule has 0 spiro atoms. The maximum Gasteiger partial charge on any atom is 0.252 e. The van der Waals surface area contributed by atoms with Crippen LogP contribution in [0, 0.1) is 0 Å². The van der Waals surface area contributed by atoms with Crippen molar-refractivity contribution in [3.05, 3.63) is 42.0 Å². The van der Waals surface area contributed by atoms with Gasteiger partial charge in [-0.2, -0.15) is 0 Å². The van der Waals surface area contributed by atoms with Crippen LogP contribution in [-0.4, -0.2) is 97.1 Å². The zero-order chi connectivity index (χ0) is 26.4. The van der Waals surface area contributed by atoms with Crippen LogP contribution in [0.25, 0.3) is 11.2 Å². The Morgan fingerprint density at radius 1 is 1.18 bits per heavy atom. The fourth-order valence-corrected chi connectivity index (χ4v) is 5.21. The number of hydrogen-bond donors (Lipinski definition) is 4. The van der Waals surface area contributed by atoms with Gasteiger partial charge in [-0.1, -0.05) is 6.07 Å². The van der Waals surface area contributed by atoms with E-state index >= 15 is 0 Å². The Balaban J connectivity index is 1.03. The Hall–Kier alpha value is -4.14. The van der Waals surface area contributed by atoms with Crippen molar-refractivity contribution in [2.24, 2.45) is 0 Å². The van der Waals surface area contributed by atoms with Gasteiger partial charge in [0.15, 0.2) is 17.7 Å². The first-order valence-electron chi connectivity index (χ1n) is 12.4. The summed E-state index contributed by atoms with van der Waals surface area (Å²) in [7, 11) is 0. The van der Waals surface area contributed by atoms with Gasteiger partial charge >= 0.3 is 0 Å². The molecule has 3 amide bonds. The van der Waals surface area contributed by atoms with Crippen molar-refractivity contribution < 1.29 is 24.2 Å². The van der Waals surface area contributed by atoms with E-state index in [0.29, 0.717) is 55.1 Å². The maximum atomic E-state index is 13.2. The van der Waals surface area contributed by atoms with Crippen molar-refractivity contribution in [2.45, 2.75) is 31.4 Å². The van der Waals surface area contributed by atoms with Gasteiger partial charge in [-0.3, -0.25) is 23.9 Å². The van der Waals surface area contributed by atoms with Gasteiger partial charge in [0.25, 0.3) is 11.8 Å². The highest BCUT2D eigenvalue weighted by Crippen LogP contribution is 2.32. The topological polar surface area (TPSA) is 181 Å². The van der Waals surface area contributed by atoms with E-state index in [1.165, 1.54) is 12.7 Å². The molecule has 14 heteroatoms. The zero-order valence-corrected chi connectivity index (χ0v) is 20.4. The molecule has 3 aromatic rings. The van der Waals surface area contributed by atoms with E-state index in [0.717, 1.165) is 5.56 Å². The van der Waals surface area contributed by atoms with E-state index in [2.05, 4.69) is 25.6 Å². The fourth-order valence-electron chi connectivity index (χ4n) is 5.21. The molecule has 0 bridgehead atoms. The average molecular weight is 522 g/mol. The van der Waals surface area contributed by atoms with E-state index in [-0.39, 0.29) is 36.5 Å². The molecule has 6 rings (SSSR count). The molecule has 198 valence electrons. The normalized spacial score (nSPS) is 23.4. The van der Waals surface area contributed by atoms with Crippen LogP contribution in [0.4, 0.5) is 11.5 Å². The number of nitrogens with one attached hydrogen (secondary N) is 2. The van der Waals surface area contributed by atoms with Gasteiger partial charge in [0.05, 0.1) is 12.9 Å². The smallest absolute Gasteiger partial charge is 0.252 e. The molecule has 3 aliphatic heterocycles. The Bertz CT molecular complexity index is 1420. The minimum absolute atomic E-state index is 0.140. The number of aliphatic hydroxyl groups is 1. The molecular formula is C24H27N9O5. The number of nitrogens with two attached hydrogens (primary N) is 1. The lowest BCUT2D eigenvalue weighted by Crippen LogP contribution is -2.52. The van der Waals surface area contributed by atoms with Crippen LogP contribution in [0.2, 0.25) is 0 Å². The first-order chi connectivity index (χ1) is 18.4. The third-order valence-electron chi connectivity index (χ3n) is 7.20. The molecule has 0 saturated carbocycles. The number of carbonyl (C=O) groups excluding carboxylic acids is 3. The fraction of sp³-hybridized carbons (Fsp3) is 0.417.